The summed E-state index contributed by atoms with van der Waals surface area (Å²) in [5.74, 6) is -2.20. The lowest BCUT2D eigenvalue weighted by atomic mass is 10.0. The maximum Gasteiger partial charge on any atom is 0.257 e. The van der Waals surface area contributed by atoms with Gasteiger partial charge in [0.1, 0.15) is 17.2 Å². The first-order valence-electron chi connectivity index (χ1n) is 5.82. The second-order valence-corrected chi connectivity index (χ2v) is 5.31. The molecule has 1 aromatic rings. The van der Waals surface area contributed by atoms with Crippen LogP contribution in [0.3, 0.4) is 0 Å². The number of hydrogen-bond donors (Lipinski definition) is 1. The van der Waals surface area contributed by atoms with E-state index in [2.05, 4.69) is 21.2 Å². The maximum atomic E-state index is 13.6. The molecular weight excluding hydrogens is 304 g/mol. The number of amides is 1. The summed E-state index contributed by atoms with van der Waals surface area (Å²) in [5, 5.41) is 2.61. The van der Waals surface area contributed by atoms with Crippen molar-refractivity contribution in [1.29, 1.82) is 0 Å². The van der Waals surface area contributed by atoms with E-state index < -0.39 is 23.1 Å². The Morgan fingerprint density at radius 2 is 1.83 bits per heavy atom. The van der Waals surface area contributed by atoms with Gasteiger partial charge in [-0.1, -0.05) is 36.2 Å². The van der Waals surface area contributed by atoms with Crippen molar-refractivity contribution in [2.75, 3.05) is 0 Å². The number of benzene rings is 1. The molecule has 2 unspecified atom stereocenters. The minimum Gasteiger partial charge on any atom is -0.349 e. The average molecular weight is 320 g/mol. The first-order chi connectivity index (χ1) is 8.36. The van der Waals surface area contributed by atoms with Crippen molar-refractivity contribution in [3.8, 4) is 0 Å². The van der Waals surface area contributed by atoms with Crippen molar-refractivity contribution >= 4 is 21.8 Å². The van der Waals surface area contributed by atoms with Gasteiger partial charge in [-0.3, -0.25) is 4.79 Å². The molecule has 1 rings (SSSR count). The number of hydrogen-bond acceptors (Lipinski definition) is 1. The Balaban J connectivity index is 2.92. The molecule has 5 heteroatoms. The molecule has 0 radical (unpaired) electrons. The van der Waals surface area contributed by atoms with Crippen LogP contribution in [0, 0.1) is 17.6 Å². The molecule has 0 aliphatic rings. The Morgan fingerprint density at radius 1 is 1.33 bits per heavy atom. The molecule has 0 fully saturated rings. The molecule has 0 saturated carbocycles. The fraction of sp³-hybridized carbons (Fsp3) is 0.462. The summed E-state index contributed by atoms with van der Waals surface area (Å²) in [4.78, 5) is 11.8. The summed E-state index contributed by atoms with van der Waals surface area (Å²) < 4.78 is 27.4. The van der Waals surface area contributed by atoms with E-state index >= 15 is 0 Å². The molecule has 1 N–H and O–H groups in total. The molecule has 1 aromatic carbocycles. The molecule has 1 amide bonds. The Morgan fingerprint density at radius 3 is 2.28 bits per heavy atom. The van der Waals surface area contributed by atoms with Crippen LogP contribution in [-0.2, 0) is 0 Å². The van der Waals surface area contributed by atoms with Crippen LogP contribution in [0.2, 0.25) is 0 Å². The van der Waals surface area contributed by atoms with E-state index in [1.165, 1.54) is 0 Å². The summed E-state index contributed by atoms with van der Waals surface area (Å²) in [6.45, 7) is 5.79. The topological polar surface area (TPSA) is 29.1 Å². The zero-order valence-corrected chi connectivity index (χ0v) is 12.1. The van der Waals surface area contributed by atoms with Gasteiger partial charge in [0.25, 0.3) is 5.91 Å². The highest BCUT2D eigenvalue weighted by Crippen LogP contribution is 2.20. The summed E-state index contributed by atoms with van der Waals surface area (Å²) >= 11 is 2.97. The highest BCUT2D eigenvalue weighted by Gasteiger charge is 2.21. The predicted octanol–water partition coefficient (Wildman–Crippen LogP) is 3.89. The Labute approximate surface area is 114 Å². The third-order valence-corrected chi connectivity index (χ3v) is 3.55. The highest BCUT2D eigenvalue weighted by atomic mass is 79.9. The lowest BCUT2D eigenvalue weighted by Gasteiger charge is -2.20. The van der Waals surface area contributed by atoms with Gasteiger partial charge in [0.05, 0.1) is 0 Å². The predicted molar refractivity (Wildman–Crippen MR) is 70.4 cm³/mol. The number of nitrogens with one attached hydrogen (secondary N) is 1. The average Bonchev–Trinajstić information content (AvgIpc) is 2.26. The molecule has 0 aromatic heterocycles. The van der Waals surface area contributed by atoms with Crippen LogP contribution >= 0.6 is 15.9 Å². The molecule has 18 heavy (non-hydrogen) atoms. The summed E-state index contributed by atoms with van der Waals surface area (Å²) in [5.41, 5.74) is -0.534. The van der Waals surface area contributed by atoms with Gasteiger partial charge in [-0.2, -0.15) is 0 Å². The second-order valence-electron chi connectivity index (χ2n) is 4.39. The molecule has 0 saturated heterocycles. The third kappa shape index (κ3) is 3.51. The Kier molecular flexibility index (Phi) is 5.26. The second kappa shape index (κ2) is 6.27. The number of halogens is 3. The molecular formula is C13H16BrF2NO. The van der Waals surface area contributed by atoms with Crippen LogP contribution in [-0.4, -0.2) is 11.9 Å². The molecule has 0 aliphatic heterocycles. The van der Waals surface area contributed by atoms with Crippen LogP contribution in [0.25, 0.3) is 0 Å². The van der Waals surface area contributed by atoms with E-state index in [9.17, 15) is 13.6 Å². The number of carbonyl (C=O) groups is 1. The molecule has 0 spiro atoms. The van der Waals surface area contributed by atoms with Crippen molar-refractivity contribution in [1.82, 2.24) is 5.32 Å². The van der Waals surface area contributed by atoms with E-state index in [4.69, 9.17) is 0 Å². The lowest BCUT2D eigenvalue weighted by molar-refractivity contribution is 0.0919. The smallest absolute Gasteiger partial charge is 0.257 e. The standard InChI is InChI=1S/C13H16BrF2NO/c1-4-7(2)8(3)17-13(18)12-10(15)5-9(14)6-11(12)16/h5-8H,4H2,1-3H3,(H,17,18). The van der Waals surface area contributed by atoms with Crippen molar-refractivity contribution in [2.24, 2.45) is 5.92 Å². The minimum absolute atomic E-state index is 0.134. The molecule has 100 valence electrons. The van der Waals surface area contributed by atoms with E-state index in [-0.39, 0.29) is 16.4 Å². The fourth-order valence-electron chi connectivity index (χ4n) is 1.53. The summed E-state index contributed by atoms with van der Waals surface area (Å²) in [7, 11) is 0. The van der Waals surface area contributed by atoms with Crippen LogP contribution in [0.5, 0.6) is 0 Å². The largest absolute Gasteiger partial charge is 0.349 e. The van der Waals surface area contributed by atoms with Crippen LogP contribution < -0.4 is 5.32 Å². The first kappa shape index (κ1) is 15.1. The third-order valence-electron chi connectivity index (χ3n) is 3.09. The van der Waals surface area contributed by atoms with Crippen LogP contribution in [0.1, 0.15) is 37.6 Å². The molecule has 2 atom stereocenters. The molecule has 0 aliphatic carbocycles. The quantitative estimate of drug-likeness (QED) is 0.896. The van der Waals surface area contributed by atoms with E-state index in [0.29, 0.717) is 0 Å². The molecule has 2 nitrogen and oxygen atoms in total. The SMILES string of the molecule is CCC(C)C(C)NC(=O)c1c(F)cc(Br)cc1F. The van der Waals surface area contributed by atoms with Gasteiger partial charge < -0.3 is 5.32 Å². The normalized spacial score (nSPS) is 14.1. The Bertz CT molecular complexity index is 428. The van der Waals surface area contributed by atoms with Gasteiger partial charge in [-0.15, -0.1) is 0 Å². The molecule has 0 bridgehead atoms. The number of rotatable bonds is 4. The zero-order valence-electron chi connectivity index (χ0n) is 10.6. The van der Waals surface area contributed by atoms with Gasteiger partial charge in [-0.25, -0.2) is 8.78 Å². The van der Waals surface area contributed by atoms with Gasteiger partial charge in [0.2, 0.25) is 0 Å². The molecule has 0 heterocycles. The van der Waals surface area contributed by atoms with Gasteiger partial charge in [0.15, 0.2) is 0 Å². The summed E-state index contributed by atoms with van der Waals surface area (Å²) in [6.07, 6.45) is 0.882. The first-order valence-corrected chi connectivity index (χ1v) is 6.61. The van der Waals surface area contributed by atoms with Crippen LogP contribution in [0.4, 0.5) is 8.78 Å². The van der Waals surface area contributed by atoms with Crippen molar-refractivity contribution in [3.05, 3.63) is 33.8 Å². The van der Waals surface area contributed by atoms with Gasteiger partial charge >= 0.3 is 0 Å². The van der Waals surface area contributed by atoms with E-state index in [0.717, 1.165) is 18.6 Å². The highest BCUT2D eigenvalue weighted by molar-refractivity contribution is 9.10. The maximum absolute atomic E-state index is 13.6. The lowest BCUT2D eigenvalue weighted by Crippen LogP contribution is -2.37. The zero-order chi connectivity index (χ0) is 13.9. The van der Waals surface area contributed by atoms with Crippen molar-refractivity contribution < 1.29 is 13.6 Å². The van der Waals surface area contributed by atoms with Crippen LogP contribution in [0.15, 0.2) is 16.6 Å². The van der Waals surface area contributed by atoms with Gasteiger partial charge in [0, 0.05) is 10.5 Å². The number of carbonyl (C=O) groups excluding carboxylic acids is 1. The minimum atomic E-state index is -0.865. The van der Waals surface area contributed by atoms with E-state index in [1.54, 1.807) is 0 Å². The Hall–Kier alpha value is -0.970. The fourth-order valence-corrected chi connectivity index (χ4v) is 1.94. The van der Waals surface area contributed by atoms with Gasteiger partial charge in [-0.05, 0) is 25.0 Å². The van der Waals surface area contributed by atoms with Crippen molar-refractivity contribution in [3.63, 3.8) is 0 Å². The monoisotopic (exact) mass is 319 g/mol. The van der Waals surface area contributed by atoms with E-state index in [1.807, 2.05) is 20.8 Å². The van der Waals surface area contributed by atoms with Crippen molar-refractivity contribution in [2.45, 2.75) is 33.2 Å². The summed E-state index contributed by atoms with van der Waals surface area (Å²) in [6, 6.07) is 2.02.